The van der Waals surface area contributed by atoms with Gasteiger partial charge in [0.2, 0.25) is 0 Å². The van der Waals surface area contributed by atoms with Crippen LogP contribution < -0.4 is 0 Å². The standard InChI is InChI=1S/C53H33N5/c1-2-18-40(19-3-1)57-46-24-12-9-21-43(46)49-48(57)31-30-42-41-20-8-11-23-45(41)58(50(42)49)47-25-13-10-22-44(47)53-55-51(38-28-26-34-14-4-6-16-36(34)32-38)54-52(56-53)39-29-27-35-15-5-7-17-37(35)33-39/h1-33H. The number of nitrogens with zero attached hydrogens (tertiary/aromatic N) is 5. The number of benzene rings is 9. The molecule has 0 atom stereocenters. The SMILES string of the molecule is c1ccc(-n2c3ccccc3c3c2ccc2c4ccccc4n(-c4ccccc4-c4nc(-c5ccc6ccccc6c5)nc(-c5ccc6ccccc6c5)n4)c23)cc1. The Morgan fingerprint density at radius 3 is 1.55 bits per heavy atom. The molecule has 3 aromatic heterocycles. The Bertz CT molecular complexity index is 3480. The third-order valence-corrected chi connectivity index (χ3v) is 11.5. The van der Waals surface area contributed by atoms with E-state index in [0.29, 0.717) is 17.5 Å². The lowest BCUT2D eigenvalue weighted by Gasteiger charge is -2.15. The molecule has 12 aromatic rings. The van der Waals surface area contributed by atoms with Crippen molar-refractivity contribution in [3.8, 4) is 45.5 Å². The van der Waals surface area contributed by atoms with Gasteiger partial charge in [0.15, 0.2) is 17.5 Å². The zero-order chi connectivity index (χ0) is 38.2. The molecule has 5 heteroatoms. The molecule has 0 bridgehead atoms. The quantitative estimate of drug-likeness (QED) is 0.177. The Kier molecular flexibility index (Phi) is 7.16. The Hall–Kier alpha value is -7.89. The van der Waals surface area contributed by atoms with Crippen molar-refractivity contribution >= 4 is 65.2 Å². The minimum Gasteiger partial charge on any atom is -0.309 e. The fourth-order valence-corrected chi connectivity index (χ4v) is 8.88. The summed E-state index contributed by atoms with van der Waals surface area (Å²) in [5, 5.41) is 9.41. The van der Waals surface area contributed by atoms with Crippen molar-refractivity contribution in [2.45, 2.75) is 0 Å². The summed E-state index contributed by atoms with van der Waals surface area (Å²) in [7, 11) is 0. The molecular formula is C53H33N5. The van der Waals surface area contributed by atoms with Crippen LogP contribution in [0.15, 0.2) is 200 Å². The summed E-state index contributed by atoms with van der Waals surface area (Å²) in [5.74, 6) is 1.87. The van der Waals surface area contributed by atoms with Gasteiger partial charge in [0, 0.05) is 43.9 Å². The number of hydrogen-bond donors (Lipinski definition) is 0. The second-order valence-corrected chi connectivity index (χ2v) is 14.8. The fraction of sp³-hybridized carbons (Fsp3) is 0. The summed E-state index contributed by atoms with van der Waals surface area (Å²) in [6.45, 7) is 0. The third kappa shape index (κ3) is 5.00. The Labute approximate surface area is 333 Å². The fourth-order valence-electron chi connectivity index (χ4n) is 8.88. The minimum absolute atomic E-state index is 0.613. The zero-order valence-electron chi connectivity index (χ0n) is 31.3. The Morgan fingerprint density at radius 1 is 0.328 bits per heavy atom. The van der Waals surface area contributed by atoms with E-state index in [1.807, 2.05) is 0 Å². The van der Waals surface area contributed by atoms with Crippen LogP contribution in [0.2, 0.25) is 0 Å². The summed E-state index contributed by atoms with van der Waals surface area (Å²) in [6, 6.07) is 70.9. The first-order valence-electron chi connectivity index (χ1n) is 19.6. The normalized spacial score (nSPS) is 11.8. The highest BCUT2D eigenvalue weighted by Crippen LogP contribution is 2.43. The van der Waals surface area contributed by atoms with Gasteiger partial charge < -0.3 is 9.13 Å². The van der Waals surface area contributed by atoms with Crippen LogP contribution in [-0.2, 0) is 0 Å². The summed E-state index contributed by atoms with van der Waals surface area (Å²) in [6.07, 6.45) is 0. The molecule has 0 fully saturated rings. The van der Waals surface area contributed by atoms with Crippen LogP contribution in [0.3, 0.4) is 0 Å². The molecule has 0 radical (unpaired) electrons. The summed E-state index contributed by atoms with van der Waals surface area (Å²) >= 11 is 0. The highest BCUT2D eigenvalue weighted by Gasteiger charge is 2.23. The molecule has 9 aromatic carbocycles. The number of aromatic nitrogens is 5. The maximum Gasteiger partial charge on any atom is 0.166 e. The third-order valence-electron chi connectivity index (χ3n) is 11.5. The highest BCUT2D eigenvalue weighted by molar-refractivity contribution is 6.26. The molecule has 12 rings (SSSR count). The average molecular weight is 740 g/mol. The van der Waals surface area contributed by atoms with Gasteiger partial charge in [-0.05, 0) is 76.1 Å². The van der Waals surface area contributed by atoms with Crippen molar-refractivity contribution in [2.24, 2.45) is 0 Å². The maximum absolute atomic E-state index is 5.32. The monoisotopic (exact) mass is 739 g/mol. The van der Waals surface area contributed by atoms with Gasteiger partial charge in [-0.15, -0.1) is 0 Å². The van der Waals surface area contributed by atoms with Crippen molar-refractivity contribution < 1.29 is 0 Å². The molecule has 0 N–H and O–H groups in total. The predicted octanol–water partition coefficient (Wildman–Crippen LogP) is 13.4. The van der Waals surface area contributed by atoms with Crippen LogP contribution in [0.1, 0.15) is 0 Å². The van der Waals surface area contributed by atoms with Crippen molar-refractivity contribution in [2.75, 3.05) is 0 Å². The first kappa shape index (κ1) is 32.4. The van der Waals surface area contributed by atoms with Gasteiger partial charge >= 0.3 is 0 Å². The molecule has 0 aliphatic heterocycles. The molecule has 0 saturated carbocycles. The predicted molar refractivity (Wildman–Crippen MR) is 240 cm³/mol. The van der Waals surface area contributed by atoms with Crippen molar-refractivity contribution in [1.29, 1.82) is 0 Å². The van der Waals surface area contributed by atoms with Gasteiger partial charge in [-0.1, -0.05) is 146 Å². The second kappa shape index (κ2) is 12.8. The Morgan fingerprint density at radius 2 is 0.862 bits per heavy atom. The molecule has 0 aliphatic carbocycles. The molecule has 3 heterocycles. The van der Waals surface area contributed by atoms with E-state index in [4.69, 9.17) is 15.0 Å². The van der Waals surface area contributed by atoms with Crippen molar-refractivity contribution in [1.82, 2.24) is 24.1 Å². The second-order valence-electron chi connectivity index (χ2n) is 14.8. The first-order valence-corrected chi connectivity index (χ1v) is 19.6. The maximum atomic E-state index is 5.32. The molecule has 0 aliphatic rings. The van der Waals surface area contributed by atoms with E-state index in [-0.39, 0.29) is 0 Å². The minimum atomic E-state index is 0.613. The van der Waals surface area contributed by atoms with E-state index in [1.165, 1.54) is 37.8 Å². The van der Waals surface area contributed by atoms with Crippen LogP contribution in [0.25, 0.3) is 111 Å². The smallest absolute Gasteiger partial charge is 0.166 e. The van der Waals surface area contributed by atoms with Crippen LogP contribution >= 0.6 is 0 Å². The lowest BCUT2D eigenvalue weighted by atomic mass is 10.1. The van der Waals surface area contributed by atoms with Crippen LogP contribution in [0.4, 0.5) is 0 Å². The van der Waals surface area contributed by atoms with E-state index < -0.39 is 0 Å². The van der Waals surface area contributed by atoms with Gasteiger partial charge in [-0.25, -0.2) is 15.0 Å². The van der Waals surface area contributed by atoms with E-state index in [2.05, 4.69) is 209 Å². The van der Waals surface area contributed by atoms with Gasteiger partial charge in [0.05, 0.1) is 27.8 Å². The highest BCUT2D eigenvalue weighted by atomic mass is 15.1. The zero-order valence-corrected chi connectivity index (χ0v) is 31.3. The molecule has 0 unspecified atom stereocenters. The van der Waals surface area contributed by atoms with E-state index in [0.717, 1.165) is 55.4 Å². The molecule has 0 spiro atoms. The molecule has 5 nitrogen and oxygen atoms in total. The van der Waals surface area contributed by atoms with Gasteiger partial charge in [-0.2, -0.15) is 0 Å². The van der Waals surface area contributed by atoms with Crippen LogP contribution in [0.5, 0.6) is 0 Å². The summed E-state index contributed by atoms with van der Waals surface area (Å²) in [4.78, 5) is 15.8. The van der Waals surface area contributed by atoms with E-state index >= 15 is 0 Å². The molecule has 58 heavy (non-hydrogen) atoms. The topological polar surface area (TPSA) is 48.5 Å². The molecule has 0 amide bonds. The lowest BCUT2D eigenvalue weighted by Crippen LogP contribution is -2.03. The van der Waals surface area contributed by atoms with Crippen molar-refractivity contribution in [3.05, 3.63) is 200 Å². The van der Waals surface area contributed by atoms with Gasteiger partial charge in [0.1, 0.15) is 0 Å². The van der Waals surface area contributed by atoms with Crippen molar-refractivity contribution in [3.63, 3.8) is 0 Å². The van der Waals surface area contributed by atoms with Gasteiger partial charge in [-0.3, -0.25) is 0 Å². The lowest BCUT2D eigenvalue weighted by molar-refractivity contribution is 1.07. The molecule has 0 saturated heterocycles. The largest absolute Gasteiger partial charge is 0.309 e. The van der Waals surface area contributed by atoms with Crippen LogP contribution in [0, 0.1) is 0 Å². The molecule has 270 valence electrons. The van der Waals surface area contributed by atoms with Gasteiger partial charge in [0.25, 0.3) is 0 Å². The summed E-state index contributed by atoms with van der Waals surface area (Å²) in [5.41, 5.74) is 9.51. The molecular weight excluding hydrogens is 707 g/mol. The number of fused-ring (bicyclic) bond motifs is 9. The number of hydrogen-bond acceptors (Lipinski definition) is 3. The number of para-hydroxylation sites is 4. The Balaban J connectivity index is 1.16. The van der Waals surface area contributed by atoms with E-state index in [9.17, 15) is 0 Å². The summed E-state index contributed by atoms with van der Waals surface area (Å²) < 4.78 is 4.81. The average Bonchev–Trinajstić information content (AvgIpc) is 3.82. The number of rotatable bonds is 5. The van der Waals surface area contributed by atoms with Crippen LogP contribution in [-0.4, -0.2) is 24.1 Å². The first-order chi connectivity index (χ1) is 28.8. The van der Waals surface area contributed by atoms with E-state index in [1.54, 1.807) is 0 Å².